The first-order valence-corrected chi connectivity index (χ1v) is 12.6. The third-order valence-corrected chi connectivity index (χ3v) is 6.96. The van der Waals surface area contributed by atoms with Gasteiger partial charge in [0.1, 0.15) is 0 Å². The molecular weight excluding hydrogens is 521 g/mol. The first kappa shape index (κ1) is 27.1. The number of likely N-dealkylation sites (N-methyl/N-ethyl adjacent to an activating group) is 1. The molecule has 0 radical (unpaired) electrons. The van der Waals surface area contributed by atoms with Gasteiger partial charge in [-0.05, 0) is 73.1 Å². The van der Waals surface area contributed by atoms with Crippen LogP contribution in [0.25, 0.3) is 22.0 Å². The Kier molecular flexibility index (Phi) is 7.16. The number of nitrogens with zero attached hydrogens (tertiary/aromatic N) is 4. The molecule has 3 aromatic carbocycles. The highest BCUT2D eigenvalue weighted by Crippen LogP contribution is 2.33. The normalized spacial score (nSPS) is 14.4. The van der Waals surface area contributed by atoms with Gasteiger partial charge in [0.15, 0.2) is 0 Å². The minimum atomic E-state index is -4.70. The minimum Gasteiger partial charge on any atom is -0.368 e. The number of anilines is 2. The summed E-state index contributed by atoms with van der Waals surface area (Å²) < 4.78 is 41.2. The van der Waals surface area contributed by atoms with E-state index in [9.17, 15) is 22.8 Å². The summed E-state index contributed by atoms with van der Waals surface area (Å²) in [4.78, 5) is 38.1. The van der Waals surface area contributed by atoms with Crippen LogP contribution in [0.4, 0.5) is 24.8 Å². The predicted molar refractivity (Wildman–Crippen MR) is 147 cm³/mol. The molecule has 11 heteroatoms. The molecule has 5 rings (SSSR count). The maximum atomic E-state index is 13.7. The van der Waals surface area contributed by atoms with Gasteiger partial charge in [-0.3, -0.25) is 9.59 Å². The van der Waals surface area contributed by atoms with Gasteiger partial charge >= 0.3 is 6.18 Å². The minimum absolute atomic E-state index is 0.111. The number of halogens is 3. The van der Waals surface area contributed by atoms with Crippen molar-refractivity contribution in [1.82, 2.24) is 19.8 Å². The zero-order chi connectivity index (χ0) is 28.6. The number of fused-ring (bicyclic) bond motifs is 1. The second-order valence-corrected chi connectivity index (χ2v) is 9.88. The zero-order valence-corrected chi connectivity index (χ0v) is 21.9. The molecular formula is C29H27F3N6O2. The molecule has 8 nitrogen and oxygen atoms in total. The van der Waals surface area contributed by atoms with E-state index in [0.717, 1.165) is 34.2 Å². The lowest BCUT2D eigenvalue weighted by atomic mass is 9.97. The molecule has 0 aliphatic carbocycles. The Morgan fingerprint density at radius 2 is 1.70 bits per heavy atom. The number of nitrogens with one attached hydrogen (secondary N) is 1. The van der Waals surface area contributed by atoms with Crippen LogP contribution in [0.1, 0.15) is 31.8 Å². The van der Waals surface area contributed by atoms with E-state index < -0.39 is 23.6 Å². The summed E-state index contributed by atoms with van der Waals surface area (Å²) in [6, 6.07) is 13.5. The molecule has 0 bridgehead atoms. The molecule has 3 N–H and O–H groups in total. The summed E-state index contributed by atoms with van der Waals surface area (Å²) in [7, 11) is 1.92. The summed E-state index contributed by atoms with van der Waals surface area (Å²) in [6.07, 6.45) is -3.08. The Hall–Kier alpha value is -4.51. The number of piperazine rings is 1. The summed E-state index contributed by atoms with van der Waals surface area (Å²) >= 11 is 0. The lowest BCUT2D eigenvalue weighted by Crippen LogP contribution is -2.47. The second-order valence-electron chi connectivity index (χ2n) is 9.88. The number of carbonyl (C=O) groups excluding carboxylic acids is 2. The van der Waals surface area contributed by atoms with Crippen molar-refractivity contribution in [3.63, 3.8) is 0 Å². The molecule has 1 saturated heterocycles. The van der Waals surface area contributed by atoms with Crippen molar-refractivity contribution in [2.24, 2.45) is 0 Å². The van der Waals surface area contributed by atoms with Crippen molar-refractivity contribution in [2.45, 2.75) is 13.1 Å². The molecule has 2 heterocycles. The number of rotatable bonds is 4. The van der Waals surface area contributed by atoms with Crippen LogP contribution in [-0.2, 0) is 6.18 Å². The number of hydrogen-bond acceptors (Lipinski definition) is 6. The second kappa shape index (κ2) is 10.6. The van der Waals surface area contributed by atoms with Crippen LogP contribution < -0.4 is 11.1 Å². The predicted octanol–water partition coefficient (Wildman–Crippen LogP) is 4.85. The Balaban J connectivity index is 1.44. The van der Waals surface area contributed by atoms with Crippen LogP contribution >= 0.6 is 0 Å². The highest BCUT2D eigenvalue weighted by Gasteiger charge is 2.33. The van der Waals surface area contributed by atoms with Crippen LogP contribution in [0.5, 0.6) is 0 Å². The van der Waals surface area contributed by atoms with E-state index in [1.54, 1.807) is 30.5 Å². The Morgan fingerprint density at radius 3 is 2.42 bits per heavy atom. The maximum Gasteiger partial charge on any atom is 0.416 e. The number of amides is 2. The van der Waals surface area contributed by atoms with Crippen molar-refractivity contribution >= 4 is 34.4 Å². The smallest absolute Gasteiger partial charge is 0.368 e. The number of nitrogen functional groups attached to an aromatic ring is 1. The summed E-state index contributed by atoms with van der Waals surface area (Å²) in [5, 5.41) is 3.32. The monoisotopic (exact) mass is 548 g/mol. The van der Waals surface area contributed by atoms with Gasteiger partial charge < -0.3 is 20.9 Å². The third-order valence-electron chi connectivity index (χ3n) is 6.96. The van der Waals surface area contributed by atoms with Crippen molar-refractivity contribution < 1.29 is 22.8 Å². The van der Waals surface area contributed by atoms with Gasteiger partial charge in [0.25, 0.3) is 11.8 Å². The molecule has 40 heavy (non-hydrogen) atoms. The van der Waals surface area contributed by atoms with Gasteiger partial charge in [0.05, 0.1) is 11.1 Å². The molecule has 1 aromatic heterocycles. The van der Waals surface area contributed by atoms with Gasteiger partial charge in [0.2, 0.25) is 5.95 Å². The molecule has 0 saturated carbocycles. The standard InChI is InChI=1S/C29H27F3N6O2/c1-17-3-4-19(14-24(17)18-5-6-25-21(11-18)16-34-28(33)36-25)26(39)35-23-13-20(12-22(15-23)29(30,31)32)27(40)38-9-7-37(2)8-10-38/h3-6,11-16H,7-10H2,1-2H3,(H,35,39)(H2,33,34,36). The van der Waals surface area contributed by atoms with Crippen LogP contribution in [0.2, 0.25) is 0 Å². The molecule has 4 aromatic rings. The van der Waals surface area contributed by atoms with E-state index in [4.69, 9.17) is 5.73 Å². The number of benzene rings is 3. The highest BCUT2D eigenvalue weighted by atomic mass is 19.4. The first-order valence-electron chi connectivity index (χ1n) is 12.6. The van der Waals surface area contributed by atoms with Crippen LogP contribution in [0.3, 0.4) is 0 Å². The fraction of sp³-hybridized carbons (Fsp3) is 0.241. The van der Waals surface area contributed by atoms with Gasteiger partial charge in [0, 0.05) is 54.6 Å². The van der Waals surface area contributed by atoms with E-state index in [0.29, 0.717) is 31.7 Å². The average molecular weight is 549 g/mol. The topological polar surface area (TPSA) is 104 Å². The number of hydrogen-bond donors (Lipinski definition) is 2. The van der Waals surface area contributed by atoms with Gasteiger partial charge in [-0.15, -0.1) is 0 Å². The number of aryl methyl sites for hydroxylation is 1. The number of carbonyl (C=O) groups is 2. The van der Waals surface area contributed by atoms with Gasteiger partial charge in [-0.25, -0.2) is 9.97 Å². The molecule has 1 fully saturated rings. The van der Waals surface area contributed by atoms with Crippen LogP contribution in [0.15, 0.2) is 60.8 Å². The van der Waals surface area contributed by atoms with Crippen molar-refractivity contribution in [2.75, 3.05) is 44.3 Å². The number of nitrogens with two attached hydrogens (primary N) is 1. The van der Waals surface area contributed by atoms with E-state index in [1.807, 2.05) is 31.0 Å². The van der Waals surface area contributed by atoms with E-state index in [1.165, 1.54) is 11.0 Å². The molecule has 206 valence electrons. The summed E-state index contributed by atoms with van der Waals surface area (Å²) in [5.74, 6) is -0.942. The Morgan fingerprint density at radius 1 is 0.950 bits per heavy atom. The van der Waals surface area contributed by atoms with Crippen LogP contribution in [0, 0.1) is 6.92 Å². The fourth-order valence-corrected chi connectivity index (χ4v) is 4.67. The lowest BCUT2D eigenvalue weighted by Gasteiger charge is -2.32. The van der Waals surface area contributed by atoms with Gasteiger partial charge in [-0.2, -0.15) is 13.2 Å². The van der Waals surface area contributed by atoms with Crippen molar-refractivity contribution in [1.29, 1.82) is 0 Å². The third kappa shape index (κ3) is 5.74. The maximum absolute atomic E-state index is 13.7. The molecule has 0 atom stereocenters. The van der Waals surface area contributed by atoms with Crippen molar-refractivity contribution in [3.05, 3.63) is 83.0 Å². The summed E-state index contributed by atoms with van der Waals surface area (Å²) in [5.41, 5.74) is 7.81. The lowest BCUT2D eigenvalue weighted by molar-refractivity contribution is -0.137. The van der Waals surface area contributed by atoms with Gasteiger partial charge in [-0.1, -0.05) is 12.1 Å². The number of aromatic nitrogens is 2. The molecule has 1 aliphatic rings. The fourth-order valence-electron chi connectivity index (χ4n) is 4.67. The first-order chi connectivity index (χ1) is 19.0. The average Bonchev–Trinajstić information content (AvgIpc) is 2.92. The quantitative estimate of drug-likeness (QED) is 0.378. The highest BCUT2D eigenvalue weighted by molar-refractivity contribution is 6.06. The van der Waals surface area contributed by atoms with E-state index >= 15 is 0 Å². The SMILES string of the molecule is Cc1ccc(C(=O)Nc2cc(C(=O)N3CCN(C)CC3)cc(C(F)(F)F)c2)cc1-c1ccc2nc(N)ncc2c1. The van der Waals surface area contributed by atoms with E-state index in [-0.39, 0.29) is 22.8 Å². The number of alkyl halides is 3. The van der Waals surface area contributed by atoms with Crippen molar-refractivity contribution in [3.8, 4) is 11.1 Å². The summed E-state index contributed by atoms with van der Waals surface area (Å²) in [6.45, 7) is 3.97. The molecule has 2 amide bonds. The molecule has 0 spiro atoms. The Labute approximate surface area is 228 Å². The Bertz CT molecular complexity index is 1610. The van der Waals surface area contributed by atoms with Crippen LogP contribution in [-0.4, -0.2) is 64.8 Å². The largest absolute Gasteiger partial charge is 0.416 e. The molecule has 1 aliphatic heterocycles. The molecule has 0 unspecified atom stereocenters. The zero-order valence-electron chi connectivity index (χ0n) is 21.9. The van der Waals surface area contributed by atoms with E-state index in [2.05, 4.69) is 15.3 Å².